The number of aromatic carboxylic acids is 1. The molecule has 0 aromatic heterocycles. The van der Waals surface area contributed by atoms with Gasteiger partial charge in [0, 0.05) is 0 Å². The quantitative estimate of drug-likeness (QED) is 0.0940. The van der Waals surface area contributed by atoms with Gasteiger partial charge in [0.1, 0.15) is 0 Å². The third-order valence-corrected chi connectivity index (χ3v) is 5.86. The fourth-order valence-corrected chi connectivity index (χ4v) is 3.81. The average Bonchev–Trinajstić information content (AvgIpc) is 2.80. The van der Waals surface area contributed by atoms with Crippen LogP contribution in [0.4, 0.5) is 22.0 Å². The molecule has 0 aliphatic heterocycles. The largest absolute Gasteiger partial charge is 0.545 e. The first-order valence-electron chi connectivity index (χ1n) is 12.2. The van der Waals surface area contributed by atoms with Crippen molar-refractivity contribution in [1.82, 2.24) is 0 Å². The molecule has 0 bridgehead atoms. The van der Waals surface area contributed by atoms with Gasteiger partial charge in [-0.3, -0.25) is 0 Å². The molecule has 0 spiro atoms. The summed E-state index contributed by atoms with van der Waals surface area (Å²) < 4.78 is 63.4. The van der Waals surface area contributed by atoms with Crippen molar-refractivity contribution < 1.29 is 36.3 Å². The van der Waals surface area contributed by atoms with Crippen molar-refractivity contribution in [1.29, 1.82) is 0 Å². The topological polar surface area (TPSA) is 40.1 Å². The Labute approximate surface area is 195 Å². The van der Waals surface area contributed by atoms with Gasteiger partial charge in [-0.2, -0.15) is 0 Å². The molecule has 0 amide bonds. The second-order valence-electron chi connectivity index (χ2n) is 8.59. The molecule has 1 aromatic carbocycles. The van der Waals surface area contributed by atoms with Gasteiger partial charge < -0.3 is 14.4 Å². The van der Waals surface area contributed by atoms with Crippen LogP contribution < -0.4 is 5.11 Å². The number of carboxylic acids is 1. The van der Waals surface area contributed by atoms with E-state index < -0.39 is 40.6 Å². The summed E-state index contributed by atoms with van der Waals surface area (Å²) in [6.45, 7) is 15.1. The molecular weight excluding hydrogens is 441 g/mol. The number of carboxylic acid groups (broad SMARTS) is 1. The maximum absolute atomic E-state index is 12.5. The second-order valence-corrected chi connectivity index (χ2v) is 8.59. The first kappa shape index (κ1) is 31.3. The summed E-state index contributed by atoms with van der Waals surface area (Å²) in [5, 5.41) is 10.0. The zero-order valence-electron chi connectivity index (χ0n) is 20.6. The highest BCUT2D eigenvalue weighted by Crippen LogP contribution is 2.22. The molecule has 0 atom stereocenters. The van der Waals surface area contributed by atoms with Gasteiger partial charge in [0.25, 0.3) is 0 Å². The molecule has 0 aliphatic rings. The van der Waals surface area contributed by atoms with E-state index in [-0.39, 0.29) is 0 Å². The lowest BCUT2D eigenvalue weighted by Crippen LogP contribution is -2.50. The van der Waals surface area contributed by atoms with Crippen LogP contribution in [0.25, 0.3) is 0 Å². The number of halogens is 5. The lowest BCUT2D eigenvalue weighted by atomic mass is 10.1. The minimum atomic E-state index is -2.47. The highest BCUT2D eigenvalue weighted by atomic mass is 19.2. The third kappa shape index (κ3) is 10.4. The third-order valence-electron chi connectivity index (χ3n) is 5.86. The summed E-state index contributed by atoms with van der Waals surface area (Å²) in [5.41, 5.74) is -1.97. The van der Waals surface area contributed by atoms with Gasteiger partial charge in [-0.25, -0.2) is 22.0 Å². The van der Waals surface area contributed by atoms with Gasteiger partial charge in [-0.05, 0) is 32.1 Å². The molecule has 3 nitrogen and oxygen atoms in total. The van der Waals surface area contributed by atoms with Gasteiger partial charge in [-0.15, -0.1) is 0 Å². The molecule has 192 valence electrons. The van der Waals surface area contributed by atoms with Crippen LogP contribution in [0.2, 0.25) is 0 Å². The van der Waals surface area contributed by atoms with Gasteiger partial charge in [0.15, 0.2) is 23.3 Å². The smallest absolute Gasteiger partial charge is 0.200 e. The normalized spacial score (nSPS) is 11.3. The molecular formula is C25H40F5NO2. The van der Waals surface area contributed by atoms with E-state index in [0.717, 1.165) is 0 Å². The Kier molecular flexibility index (Phi) is 16.0. The van der Waals surface area contributed by atoms with Gasteiger partial charge in [-0.1, -0.05) is 59.8 Å². The Bertz CT molecular complexity index is 662. The fourth-order valence-electron chi connectivity index (χ4n) is 3.81. The molecule has 0 aliphatic carbocycles. The molecule has 0 unspecified atom stereocenters. The van der Waals surface area contributed by atoms with Crippen molar-refractivity contribution in [2.24, 2.45) is 0 Å². The Morgan fingerprint density at radius 1 is 0.576 bits per heavy atom. The Balaban J connectivity index is 0.000000647. The lowest BCUT2D eigenvalue weighted by molar-refractivity contribution is -0.929. The van der Waals surface area contributed by atoms with E-state index in [4.69, 9.17) is 0 Å². The number of unbranched alkanes of at least 4 members (excludes halogenated alkanes) is 6. The van der Waals surface area contributed by atoms with E-state index in [1.54, 1.807) is 0 Å². The monoisotopic (exact) mass is 481 g/mol. The number of nitrogens with zero attached hydrogens (tertiary/aromatic N) is 1. The molecule has 8 heteroatoms. The highest BCUT2D eigenvalue weighted by Gasteiger charge is 2.26. The summed E-state index contributed by atoms with van der Waals surface area (Å²) in [4.78, 5) is 10.0. The van der Waals surface area contributed by atoms with Crippen LogP contribution >= 0.6 is 0 Å². The van der Waals surface area contributed by atoms with E-state index in [0.29, 0.717) is 0 Å². The van der Waals surface area contributed by atoms with Crippen LogP contribution in [0.1, 0.15) is 102 Å². The zero-order chi connectivity index (χ0) is 25.4. The first-order valence-corrected chi connectivity index (χ1v) is 12.2. The summed E-state index contributed by atoms with van der Waals surface area (Å²) in [6.07, 6.45) is 14.0. The Morgan fingerprint density at radius 3 is 1.24 bits per heavy atom. The van der Waals surface area contributed by atoms with E-state index in [1.165, 1.54) is 94.9 Å². The molecule has 1 rings (SSSR count). The maximum Gasteiger partial charge on any atom is 0.200 e. The summed E-state index contributed by atoms with van der Waals surface area (Å²) in [5.74, 6) is -14.4. The van der Waals surface area contributed by atoms with Crippen LogP contribution in [-0.4, -0.2) is 36.6 Å². The number of hydrogen-bond donors (Lipinski definition) is 0. The second kappa shape index (κ2) is 16.8. The molecule has 0 saturated heterocycles. The summed E-state index contributed by atoms with van der Waals surface area (Å²) >= 11 is 0. The van der Waals surface area contributed by atoms with Gasteiger partial charge in [0.2, 0.25) is 5.82 Å². The van der Waals surface area contributed by atoms with Crippen LogP contribution in [0.5, 0.6) is 0 Å². The molecule has 0 heterocycles. The highest BCUT2D eigenvalue weighted by molar-refractivity contribution is 5.86. The predicted octanol–water partition coefficient (Wildman–Crippen LogP) is 6.53. The van der Waals surface area contributed by atoms with Crippen molar-refractivity contribution in [2.45, 2.75) is 91.9 Å². The van der Waals surface area contributed by atoms with E-state index in [2.05, 4.69) is 27.7 Å². The number of quaternary nitrogens is 1. The summed E-state index contributed by atoms with van der Waals surface area (Å²) in [7, 11) is 0. The zero-order valence-corrected chi connectivity index (χ0v) is 20.6. The standard InChI is InChI=1S/C18H40N.C7HF5O2/c1-5-9-13-14-18-19(15-10-6-2,16-11-7-3)17-12-8-4;8-2-1(7(13)14)3(9)5(11)6(12)4(2)10/h5-18H2,1-4H3;(H,13,14)/q+1;/p-1. The van der Waals surface area contributed by atoms with Crippen molar-refractivity contribution in [2.75, 3.05) is 26.2 Å². The fraction of sp³-hybridized carbons (Fsp3) is 0.720. The van der Waals surface area contributed by atoms with Crippen LogP contribution in [0.3, 0.4) is 0 Å². The van der Waals surface area contributed by atoms with Crippen LogP contribution in [-0.2, 0) is 0 Å². The maximum atomic E-state index is 12.5. The minimum absolute atomic E-state index is 1.35. The summed E-state index contributed by atoms with van der Waals surface area (Å²) in [6, 6.07) is 0. The van der Waals surface area contributed by atoms with Gasteiger partial charge in [0.05, 0.1) is 37.7 Å². The van der Waals surface area contributed by atoms with E-state index in [1.807, 2.05) is 0 Å². The molecule has 0 fully saturated rings. The lowest BCUT2D eigenvalue weighted by Gasteiger charge is -2.39. The van der Waals surface area contributed by atoms with Crippen LogP contribution in [0.15, 0.2) is 0 Å². The van der Waals surface area contributed by atoms with Crippen molar-refractivity contribution in [3.05, 3.63) is 34.6 Å². The Morgan fingerprint density at radius 2 is 0.909 bits per heavy atom. The number of hydrogen-bond acceptors (Lipinski definition) is 2. The van der Waals surface area contributed by atoms with Crippen molar-refractivity contribution >= 4 is 5.97 Å². The van der Waals surface area contributed by atoms with Crippen LogP contribution in [0, 0.1) is 29.1 Å². The number of benzene rings is 1. The van der Waals surface area contributed by atoms with E-state index >= 15 is 0 Å². The molecule has 1 aromatic rings. The van der Waals surface area contributed by atoms with E-state index in [9.17, 15) is 31.9 Å². The average molecular weight is 482 g/mol. The predicted molar refractivity (Wildman–Crippen MR) is 119 cm³/mol. The molecule has 0 radical (unpaired) electrons. The van der Waals surface area contributed by atoms with Gasteiger partial charge >= 0.3 is 0 Å². The number of carbonyl (C=O) groups is 1. The molecule has 0 N–H and O–H groups in total. The number of carbonyl (C=O) groups excluding carboxylic acids is 1. The molecule has 33 heavy (non-hydrogen) atoms. The molecule has 0 saturated carbocycles. The van der Waals surface area contributed by atoms with Crippen molar-refractivity contribution in [3.63, 3.8) is 0 Å². The number of rotatable bonds is 15. The Hall–Kier alpha value is -1.70. The van der Waals surface area contributed by atoms with Crippen molar-refractivity contribution in [3.8, 4) is 0 Å². The first-order chi connectivity index (χ1) is 15.6. The minimum Gasteiger partial charge on any atom is -0.545 e. The SMILES string of the molecule is CCCCCC[N+](CCCC)(CCCC)CCCC.O=C([O-])c1c(F)c(F)c(F)c(F)c1F.